The van der Waals surface area contributed by atoms with E-state index in [1.807, 2.05) is 36.4 Å². The van der Waals surface area contributed by atoms with Crippen molar-refractivity contribution in [2.75, 3.05) is 32.7 Å². The molecule has 0 aliphatic carbocycles. The fourth-order valence-corrected chi connectivity index (χ4v) is 5.34. The molecule has 2 aromatic carbocycles. The van der Waals surface area contributed by atoms with Gasteiger partial charge in [0, 0.05) is 26.1 Å². The summed E-state index contributed by atoms with van der Waals surface area (Å²) in [7, 11) is 0. The predicted molar refractivity (Wildman–Crippen MR) is 138 cm³/mol. The number of hydrogen-bond acceptors (Lipinski definition) is 5. The Hall–Kier alpha value is -2.91. The number of piperidine rings is 1. The Labute approximate surface area is 222 Å². The lowest BCUT2D eigenvalue weighted by Gasteiger charge is -2.33. The zero-order valence-corrected chi connectivity index (χ0v) is 21.5. The maximum Gasteiger partial charge on any atom is 0.490 e. The van der Waals surface area contributed by atoms with Crippen LogP contribution in [0.3, 0.4) is 0 Å². The zero-order valence-electron chi connectivity index (χ0n) is 21.5. The molecule has 2 aliphatic rings. The van der Waals surface area contributed by atoms with Crippen molar-refractivity contribution in [3.63, 3.8) is 0 Å². The van der Waals surface area contributed by atoms with Gasteiger partial charge in [0.1, 0.15) is 6.10 Å². The number of halogens is 3. The van der Waals surface area contributed by atoms with Gasteiger partial charge in [0.15, 0.2) is 0 Å². The van der Waals surface area contributed by atoms with Gasteiger partial charge in [-0.05, 0) is 62.4 Å². The molecule has 0 spiro atoms. The lowest BCUT2D eigenvalue weighted by molar-refractivity contribution is -0.204. The number of benzene rings is 2. The van der Waals surface area contributed by atoms with Gasteiger partial charge >= 0.3 is 12.1 Å². The number of nitrogens with zero attached hydrogens (tertiary/aromatic N) is 2. The molecule has 1 N–H and O–H groups in total. The lowest BCUT2D eigenvalue weighted by atomic mass is 9.90. The molecule has 0 saturated carbocycles. The highest BCUT2D eigenvalue weighted by Gasteiger charge is 2.44. The minimum Gasteiger partial charge on any atom is -0.454 e. The summed E-state index contributed by atoms with van der Waals surface area (Å²) >= 11 is 0. The van der Waals surface area contributed by atoms with Crippen LogP contribution in [0.25, 0.3) is 0 Å². The van der Waals surface area contributed by atoms with Gasteiger partial charge in [-0.3, -0.25) is 4.79 Å². The molecule has 2 aromatic rings. The number of carbonyl (C=O) groups is 2. The number of alkyl halides is 3. The molecule has 206 valence electrons. The highest BCUT2D eigenvalue weighted by molar-refractivity contribution is 5.82. The zero-order chi connectivity index (χ0) is 27.0. The van der Waals surface area contributed by atoms with Crippen molar-refractivity contribution in [1.82, 2.24) is 15.1 Å². The van der Waals surface area contributed by atoms with E-state index in [1.165, 1.54) is 5.56 Å². The second-order valence-corrected chi connectivity index (χ2v) is 10.3. The van der Waals surface area contributed by atoms with E-state index >= 15 is 0 Å². The van der Waals surface area contributed by atoms with E-state index in [1.54, 1.807) is 4.90 Å². The van der Waals surface area contributed by atoms with Crippen molar-refractivity contribution >= 4 is 11.9 Å². The topological polar surface area (TPSA) is 61.9 Å². The van der Waals surface area contributed by atoms with Gasteiger partial charge in [-0.1, -0.05) is 60.7 Å². The molecule has 38 heavy (non-hydrogen) atoms. The van der Waals surface area contributed by atoms with Gasteiger partial charge < -0.3 is 19.9 Å². The highest BCUT2D eigenvalue weighted by Crippen LogP contribution is 2.23. The molecule has 9 heteroatoms. The summed E-state index contributed by atoms with van der Waals surface area (Å²) in [5.41, 5.74) is 2.37. The van der Waals surface area contributed by atoms with Gasteiger partial charge in [0.2, 0.25) is 5.91 Å². The first-order chi connectivity index (χ1) is 18.3. The fourth-order valence-electron chi connectivity index (χ4n) is 5.34. The average molecular weight is 532 g/mol. The minimum atomic E-state index is -5.04. The number of amides is 1. The maximum absolute atomic E-state index is 13.4. The third kappa shape index (κ3) is 8.30. The standard InChI is InChI=1S/C29H36F3N3O3/c30-29(31,32)28(37)38-25-19-26(33-20-25)27(36)35(21-24-10-5-2-6-11-24)15-7-14-34-16-12-23(13-17-34)18-22-8-3-1-4-9-22/h1-6,8-11,23,25-26,33H,7,12-21H2/t25-,26+/m1/s1. The minimum absolute atomic E-state index is 0.0231. The molecule has 0 aromatic heterocycles. The van der Waals surface area contributed by atoms with Gasteiger partial charge in [-0.25, -0.2) is 4.79 Å². The van der Waals surface area contributed by atoms with Crippen molar-refractivity contribution in [3.8, 4) is 0 Å². The second-order valence-electron chi connectivity index (χ2n) is 10.3. The summed E-state index contributed by atoms with van der Waals surface area (Å²) in [6, 6.07) is 19.6. The largest absolute Gasteiger partial charge is 0.490 e. The molecule has 2 fully saturated rings. The fraction of sp³-hybridized carbons (Fsp3) is 0.517. The van der Waals surface area contributed by atoms with Crippen LogP contribution in [-0.4, -0.2) is 72.7 Å². The van der Waals surface area contributed by atoms with Gasteiger partial charge in [-0.15, -0.1) is 0 Å². The van der Waals surface area contributed by atoms with Gasteiger partial charge in [0.05, 0.1) is 6.04 Å². The van der Waals surface area contributed by atoms with E-state index in [9.17, 15) is 22.8 Å². The van der Waals surface area contributed by atoms with Crippen molar-refractivity contribution in [2.45, 2.75) is 57.0 Å². The first-order valence-electron chi connectivity index (χ1n) is 13.4. The second kappa shape index (κ2) is 13.2. The van der Waals surface area contributed by atoms with Crippen LogP contribution in [0, 0.1) is 5.92 Å². The SMILES string of the molecule is O=C([C@@H]1C[C@@H](OC(=O)C(F)(F)F)CN1)N(CCCN1CCC(Cc2ccccc2)CC1)Cc1ccccc1. The molecule has 1 amide bonds. The summed E-state index contributed by atoms with van der Waals surface area (Å²) in [6.45, 7) is 3.96. The number of likely N-dealkylation sites (tertiary alicyclic amines) is 1. The van der Waals surface area contributed by atoms with Crippen molar-refractivity contribution in [2.24, 2.45) is 5.92 Å². The van der Waals surface area contributed by atoms with E-state index < -0.39 is 24.3 Å². The van der Waals surface area contributed by atoms with Crippen LogP contribution < -0.4 is 5.32 Å². The summed E-state index contributed by atoms with van der Waals surface area (Å²) < 4.78 is 42.3. The van der Waals surface area contributed by atoms with E-state index in [0.29, 0.717) is 19.0 Å². The predicted octanol–water partition coefficient (Wildman–Crippen LogP) is 4.20. The quantitative estimate of drug-likeness (QED) is 0.466. The number of esters is 1. The normalized spacial score (nSPS) is 20.8. The number of ether oxygens (including phenoxy) is 1. The Bertz CT molecular complexity index is 1030. The lowest BCUT2D eigenvalue weighted by Crippen LogP contribution is -2.44. The van der Waals surface area contributed by atoms with Crippen LogP contribution >= 0.6 is 0 Å². The number of nitrogens with one attached hydrogen (secondary N) is 1. The van der Waals surface area contributed by atoms with Crippen molar-refractivity contribution in [3.05, 3.63) is 71.8 Å². The molecule has 0 bridgehead atoms. The molecule has 0 radical (unpaired) electrons. The van der Waals surface area contributed by atoms with Crippen LogP contribution in [0.5, 0.6) is 0 Å². The monoisotopic (exact) mass is 531 g/mol. The maximum atomic E-state index is 13.4. The van der Waals surface area contributed by atoms with E-state index in [0.717, 1.165) is 50.9 Å². The molecule has 6 nitrogen and oxygen atoms in total. The molecule has 2 aliphatic heterocycles. The Morgan fingerprint density at radius 2 is 1.61 bits per heavy atom. The van der Waals surface area contributed by atoms with Gasteiger partial charge in [0.25, 0.3) is 0 Å². The Morgan fingerprint density at radius 3 is 2.24 bits per heavy atom. The number of carbonyl (C=O) groups excluding carboxylic acids is 2. The molecule has 0 unspecified atom stereocenters. The molecular weight excluding hydrogens is 495 g/mol. The number of hydrogen-bond donors (Lipinski definition) is 1. The first kappa shape index (κ1) is 28.1. The Morgan fingerprint density at radius 1 is 0.974 bits per heavy atom. The first-order valence-corrected chi connectivity index (χ1v) is 13.4. The summed E-state index contributed by atoms with van der Waals surface area (Å²) in [6.07, 6.45) is -1.76. The van der Waals surface area contributed by atoms with Gasteiger partial charge in [-0.2, -0.15) is 13.2 Å². The van der Waals surface area contributed by atoms with Crippen LogP contribution in [0.4, 0.5) is 13.2 Å². The van der Waals surface area contributed by atoms with Crippen molar-refractivity contribution in [1.29, 1.82) is 0 Å². The molecule has 2 heterocycles. The molecule has 2 atom stereocenters. The molecule has 2 saturated heterocycles. The third-order valence-electron chi connectivity index (χ3n) is 7.40. The van der Waals surface area contributed by atoms with Crippen LogP contribution in [0.2, 0.25) is 0 Å². The molecule has 4 rings (SSSR count). The van der Waals surface area contributed by atoms with Crippen LogP contribution in [-0.2, 0) is 27.3 Å². The van der Waals surface area contributed by atoms with Crippen LogP contribution in [0.1, 0.15) is 36.8 Å². The Balaban J connectivity index is 1.26. The summed E-state index contributed by atoms with van der Waals surface area (Å²) in [4.78, 5) is 28.8. The molecular formula is C29H36F3N3O3. The van der Waals surface area contributed by atoms with E-state index in [4.69, 9.17) is 0 Å². The van der Waals surface area contributed by atoms with E-state index in [2.05, 4.69) is 39.2 Å². The van der Waals surface area contributed by atoms with Crippen LogP contribution in [0.15, 0.2) is 60.7 Å². The van der Waals surface area contributed by atoms with E-state index in [-0.39, 0.29) is 18.9 Å². The number of rotatable bonds is 10. The average Bonchev–Trinajstić information content (AvgIpc) is 3.38. The summed E-state index contributed by atoms with van der Waals surface area (Å²) in [5, 5.41) is 2.95. The van der Waals surface area contributed by atoms with Crippen molar-refractivity contribution < 1.29 is 27.5 Å². The highest BCUT2D eigenvalue weighted by atomic mass is 19.4. The third-order valence-corrected chi connectivity index (χ3v) is 7.40. The Kier molecular flexibility index (Phi) is 9.80. The smallest absolute Gasteiger partial charge is 0.454 e. The summed E-state index contributed by atoms with van der Waals surface area (Å²) in [5.74, 6) is -1.70.